The van der Waals surface area contributed by atoms with Gasteiger partial charge in [-0.15, -0.1) is 0 Å². The van der Waals surface area contributed by atoms with Crippen LogP contribution in [0.15, 0.2) is 0 Å². The zero-order chi connectivity index (χ0) is 8.24. The zero-order valence-electron chi connectivity index (χ0n) is 7.48. The summed E-state index contributed by atoms with van der Waals surface area (Å²) in [6.45, 7) is 6.50. The molecule has 0 saturated carbocycles. The van der Waals surface area contributed by atoms with Gasteiger partial charge >= 0.3 is 0 Å². The maximum Gasteiger partial charge on any atom is 0.0319 e. The van der Waals surface area contributed by atoms with Gasteiger partial charge < -0.3 is 10.4 Å². The minimum atomic E-state index is 1.00. The van der Waals surface area contributed by atoms with Crippen molar-refractivity contribution < 1.29 is 5.11 Å². The summed E-state index contributed by atoms with van der Waals surface area (Å²) in [5, 5.41) is 10.3. The van der Waals surface area contributed by atoms with Crippen molar-refractivity contribution >= 4 is 0 Å². The van der Waals surface area contributed by atoms with E-state index in [1.54, 1.807) is 0 Å². The molecule has 0 spiro atoms. The maximum absolute atomic E-state index is 7.00. The summed E-state index contributed by atoms with van der Waals surface area (Å²) < 4.78 is 0. The summed E-state index contributed by atoms with van der Waals surface area (Å²) in [6.07, 6.45) is 4.22. The first-order chi connectivity index (χ1) is 5.00. The standard InChI is InChI=1S/C5H11N.C2H6.CH4O/c1-2-4-6-5-3-1;2*1-2/h6H,1-5H2;1-2H3;2H,1H3. The first-order valence-electron chi connectivity index (χ1n) is 4.15. The minimum Gasteiger partial charge on any atom is -0.400 e. The minimum absolute atomic E-state index is 1.00. The van der Waals surface area contributed by atoms with Crippen LogP contribution in [0, 0.1) is 0 Å². The maximum atomic E-state index is 7.00. The Morgan fingerprint density at radius 2 is 1.30 bits per heavy atom. The number of rotatable bonds is 0. The molecule has 0 aromatic rings. The Labute approximate surface area is 64.6 Å². The van der Waals surface area contributed by atoms with Crippen molar-refractivity contribution in [3.63, 3.8) is 0 Å². The Hall–Kier alpha value is -0.0800. The molecule has 2 nitrogen and oxygen atoms in total. The number of nitrogens with one attached hydrogen (secondary N) is 1. The Bertz CT molecular complexity index is 24.7. The van der Waals surface area contributed by atoms with Crippen LogP contribution in [0.25, 0.3) is 0 Å². The highest BCUT2D eigenvalue weighted by molar-refractivity contribution is 4.55. The van der Waals surface area contributed by atoms with Crippen LogP contribution in [0.2, 0.25) is 0 Å². The van der Waals surface area contributed by atoms with E-state index in [0.717, 1.165) is 7.11 Å². The Balaban J connectivity index is 0. The van der Waals surface area contributed by atoms with E-state index >= 15 is 0 Å². The van der Waals surface area contributed by atoms with Crippen LogP contribution in [0.1, 0.15) is 33.1 Å². The molecule has 0 atom stereocenters. The fourth-order valence-electron chi connectivity index (χ4n) is 0.802. The molecule has 64 valence electrons. The van der Waals surface area contributed by atoms with E-state index in [-0.39, 0.29) is 0 Å². The lowest BCUT2D eigenvalue weighted by molar-refractivity contribution is 0.399. The first-order valence-corrected chi connectivity index (χ1v) is 4.15. The largest absolute Gasteiger partial charge is 0.400 e. The van der Waals surface area contributed by atoms with Crippen LogP contribution in [0.5, 0.6) is 0 Å². The second kappa shape index (κ2) is 16.0. The lowest BCUT2D eigenvalue weighted by Crippen LogP contribution is -2.21. The van der Waals surface area contributed by atoms with E-state index in [1.165, 1.54) is 32.4 Å². The van der Waals surface area contributed by atoms with Gasteiger partial charge in [0, 0.05) is 7.11 Å². The van der Waals surface area contributed by atoms with E-state index in [0.29, 0.717) is 0 Å². The topological polar surface area (TPSA) is 32.3 Å². The van der Waals surface area contributed by atoms with Crippen molar-refractivity contribution in [1.82, 2.24) is 5.32 Å². The molecule has 0 radical (unpaired) electrons. The normalized spacial score (nSPS) is 15.6. The fraction of sp³-hybridized carbons (Fsp3) is 1.00. The molecule has 1 aliphatic rings. The van der Waals surface area contributed by atoms with Crippen LogP contribution in [0.4, 0.5) is 0 Å². The fourth-order valence-corrected chi connectivity index (χ4v) is 0.802. The van der Waals surface area contributed by atoms with Gasteiger partial charge in [0.25, 0.3) is 0 Å². The molecular formula is C8H21NO. The summed E-state index contributed by atoms with van der Waals surface area (Å²) in [5.74, 6) is 0. The Morgan fingerprint density at radius 3 is 1.40 bits per heavy atom. The zero-order valence-corrected chi connectivity index (χ0v) is 7.48. The number of aliphatic hydroxyl groups is 1. The summed E-state index contributed by atoms with van der Waals surface area (Å²) in [7, 11) is 1.00. The Morgan fingerprint density at radius 1 is 0.900 bits per heavy atom. The third-order valence-electron chi connectivity index (χ3n) is 1.21. The molecule has 2 heteroatoms. The molecule has 0 amide bonds. The average molecular weight is 147 g/mol. The molecule has 1 saturated heterocycles. The smallest absolute Gasteiger partial charge is 0.0319 e. The predicted molar refractivity (Wildman–Crippen MR) is 46.2 cm³/mol. The van der Waals surface area contributed by atoms with Gasteiger partial charge in [0.1, 0.15) is 0 Å². The average Bonchev–Trinajstić information content (AvgIpc) is 2.14. The number of hydrogen-bond acceptors (Lipinski definition) is 2. The highest BCUT2D eigenvalue weighted by Crippen LogP contribution is 1.96. The second-order valence-corrected chi connectivity index (χ2v) is 1.81. The summed E-state index contributed by atoms with van der Waals surface area (Å²) in [6, 6.07) is 0. The van der Waals surface area contributed by atoms with Gasteiger partial charge in [-0.05, 0) is 25.9 Å². The molecule has 1 aliphatic heterocycles. The van der Waals surface area contributed by atoms with Gasteiger partial charge in [0.15, 0.2) is 0 Å². The van der Waals surface area contributed by atoms with Crippen molar-refractivity contribution in [2.45, 2.75) is 33.1 Å². The highest BCUT2D eigenvalue weighted by atomic mass is 16.2. The lowest BCUT2D eigenvalue weighted by Gasteiger charge is -2.08. The third-order valence-corrected chi connectivity index (χ3v) is 1.21. The van der Waals surface area contributed by atoms with E-state index in [2.05, 4.69) is 5.32 Å². The molecule has 1 fully saturated rings. The van der Waals surface area contributed by atoms with Crippen molar-refractivity contribution in [2.75, 3.05) is 20.2 Å². The van der Waals surface area contributed by atoms with Crippen LogP contribution in [-0.4, -0.2) is 25.3 Å². The van der Waals surface area contributed by atoms with Crippen molar-refractivity contribution in [1.29, 1.82) is 0 Å². The summed E-state index contributed by atoms with van der Waals surface area (Å²) >= 11 is 0. The van der Waals surface area contributed by atoms with Crippen molar-refractivity contribution in [3.8, 4) is 0 Å². The van der Waals surface area contributed by atoms with Crippen molar-refractivity contribution in [2.24, 2.45) is 0 Å². The SMILES string of the molecule is C1CCNCC1.CC.CO. The molecule has 0 aromatic heterocycles. The highest BCUT2D eigenvalue weighted by Gasteiger charge is 1.93. The van der Waals surface area contributed by atoms with Crippen LogP contribution in [-0.2, 0) is 0 Å². The molecule has 0 unspecified atom stereocenters. The predicted octanol–water partition coefficient (Wildman–Crippen LogP) is 1.39. The second-order valence-electron chi connectivity index (χ2n) is 1.81. The molecule has 2 N–H and O–H groups in total. The lowest BCUT2D eigenvalue weighted by atomic mass is 10.2. The molecule has 1 heterocycles. The number of piperidine rings is 1. The van der Waals surface area contributed by atoms with Gasteiger partial charge in [-0.3, -0.25) is 0 Å². The van der Waals surface area contributed by atoms with E-state index < -0.39 is 0 Å². The quantitative estimate of drug-likeness (QED) is 0.543. The van der Waals surface area contributed by atoms with Gasteiger partial charge in [-0.25, -0.2) is 0 Å². The molecular weight excluding hydrogens is 126 g/mol. The van der Waals surface area contributed by atoms with Gasteiger partial charge in [0.2, 0.25) is 0 Å². The summed E-state index contributed by atoms with van der Waals surface area (Å²) in [4.78, 5) is 0. The third kappa shape index (κ3) is 10.8. The monoisotopic (exact) mass is 147 g/mol. The van der Waals surface area contributed by atoms with Gasteiger partial charge in [0.05, 0.1) is 0 Å². The number of hydrogen-bond donors (Lipinski definition) is 2. The van der Waals surface area contributed by atoms with Gasteiger partial charge in [-0.2, -0.15) is 0 Å². The van der Waals surface area contributed by atoms with Crippen LogP contribution >= 0.6 is 0 Å². The molecule has 1 rings (SSSR count). The van der Waals surface area contributed by atoms with Crippen molar-refractivity contribution in [3.05, 3.63) is 0 Å². The summed E-state index contributed by atoms with van der Waals surface area (Å²) in [5.41, 5.74) is 0. The molecule has 0 bridgehead atoms. The molecule has 10 heavy (non-hydrogen) atoms. The Kier molecular flexibility index (Phi) is 20.1. The molecule has 0 aliphatic carbocycles. The van der Waals surface area contributed by atoms with Gasteiger partial charge in [-0.1, -0.05) is 20.3 Å². The van der Waals surface area contributed by atoms with Crippen LogP contribution in [0.3, 0.4) is 0 Å². The number of aliphatic hydroxyl groups excluding tert-OH is 1. The van der Waals surface area contributed by atoms with Crippen LogP contribution < -0.4 is 5.32 Å². The van der Waals surface area contributed by atoms with E-state index in [1.807, 2.05) is 13.8 Å². The van der Waals surface area contributed by atoms with E-state index in [9.17, 15) is 0 Å². The van der Waals surface area contributed by atoms with E-state index in [4.69, 9.17) is 5.11 Å². The first kappa shape index (κ1) is 12.6. The molecule has 0 aromatic carbocycles.